The molecule has 1 aliphatic rings. The first-order valence-corrected chi connectivity index (χ1v) is 7.73. The van der Waals surface area contributed by atoms with Crippen molar-refractivity contribution < 1.29 is 4.79 Å². The van der Waals surface area contributed by atoms with Crippen molar-refractivity contribution in [3.8, 4) is 0 Å². The number of aryl methyl sites for hydroxylation is 1. The Morgan fingerprint density at radius 3 is 2.81 bits per heavy atom. The van der Waals surface area contributed by atoms with Crippen molar-refractivity contribution >= 4 is 35.0 Å². The number of thioether (sulfide) groups is 1. The van der Waals surface area contributed by atoms with E-state index in [0.29, 0.717) is 22.5 Å². The number of carbonyl (C=O) groups is 1. The molecule has 1 aliphatic heterocycles. The van der Waals surface area contributed by atoms with Gasteiger partial charge in [0, 0.05) is 6.54 Å². The van der Waals surface area contributed by atoms with Crippen molar-refractivity contribution in [2.75, 3.05) is 17.3 Å². The van der Waals surface area contributed by atoms with Gasteiger partial charge in [0.2, 0.25) is 11.1 Å². The summed E-state index contributed by atoms with van der Waals surface area (Å²) in [5, 5.41) is 8.79. The number of benzene rings is 1. The third-order valence-electron chi connectivity index (χ3n) is 3.38. The molecule has 1 fully saturated rings. The van der Waals surface area contributed by atoms with Gasteiger partial charge in [-0.1, -0.05) is 35.5 Å². The van der Waals surface area contributed by atoms with Crippen molar-refractivity contribution in [3.05, 3.63) is 35.1 Å². The van der Waals surface area contributed by atoms with Crippen LogP contribution in [0, 0.1) is 6.92 Å². The molecule has 0 spiro atoms. The van der Waals surface area contributed by atoms with Gasteiger partial charge < -0.3 is 10.7 Å². The zero-order valence-corrected chi connectivity index (χ0v) is 12.9. The molecule has 3 rings (SSSR count). The van der Waals surface area contributed by atoms with Crippen molar-refractivity contribution in [1.82, 2.24) is 14.9 Å². The van der Waals surface area contributed by atoms with Crippen molar-refractivity contribution in [1.29, 1.82) is 0 Å². The quantitative estimate of drug-likeness (QED) is 0.872. The number of anilines is 1. The first-order chi connectivity index (χ1) is 10.1. The summed E-state index contributed by atoms with van der Waals surface area (Å²) in [4.78, 5) is 14.2. The SMILES string of the molecule is Cc1nnc(SC2CCN(c3ccccc3Cl)C2=O)n1N. The van der Waals surface area contributed by atoms with E-state index in [1.54, 1.807) is 17.9 Å². The molecular formula is C13H14ClN5OS. The van der Waals surface area contributed by atoms with Crippen LogP contribution >= 0.6 is 23.4 Å². The summed E-state index contributed by atoms with van der Waals surface area (Å²) in [6.45, 7) is 2.40. The first-order valence-electron chi connectivity index (χ1n) is 6.47. The number of hydrogen-bond acceptors (Lipinski definition) is 5. The van der Waals surface area contributed by atoms with Gasteiger partial charge in [-0.15, -0.1) is 10.2 Å². The molecule has 2 heterocycles. The number of carbonyl (C=O) groups excluding carboxylic acids is 1. The van der Waals surface area contributed by atoms with Crippen LogP contribution in [0.4, 0.5) is 5.69 Å². The minimum atomic E-state index is -0.216. The molecule has 6 nitrogen and oxygen atoms in total. The second-order valence-electron chi connectivity index (χ2n) is 4.74. The van der Waals surface area contributed by atoms with Crippen molar-refractivity contribution in [3.63, 3.8) is 0 Å². The number of nitrogens with zero attached hydrogens (tertiary/aromatic N) is 4. The molecule has 0 saturated carbocycles. The molecule has 1 amide bonds. The van der Waals surface area contributed by atoms with Gasteiger partial charge in [0.1, 0.15) is 5.82 Å². The van der Waals surface area contributed by atoms with E-state index >= 15 is 0 Å². The van der Waals surface area contributed by atoms with E-state index in [4.69, 9.17) is 17.4 Å². The highest BCUT2D eigenvalue weighted by Crippen LogP contribution is 2.34. The predicted molar refractivity (Wildman–Crippen MR) is 83.0 cm³/mol. The van der Waals surface area contributed by atoms with Crippen LogP contribution in [-0.4, -0.2) is 32.6 Å². The molecule has 110 valence electrons. The van der Waals surface area contributed by atoms with E-state index in [1.807, 2.05) is 18.2 Å². The van der Waals surface area contributed by atoms with Gasteiger partial charge in [0.15, 0.2) is 0 Å². The van der Waals surface area contributed by atoms with Crippen LogP contribution in [0.1, 0.15) is 12.2 Å². The summed E-state index contributed by atoms with van der Waals surface area (Å²) < 4.78 is 1.40. The number of nitrogens with two attached hydrogens (primary N) is 1. The van der Waals surface area contributed by atoms with Crippen LogP contribution in [-0.2, 0) is 4.79 Å². The number of halogens is 1. The average Bonchev–Trinajstić information content (AvgIpc) is 2.98. The highest BCUT2D eigenvalue weighted by molar-refractivity contribution is 8.00. The topological polar surface area (TPSA) is 77.0 Å². The molecule has 21 heavy (non-hydrogen) atoms. The first kappa shape index (κ1) is 14.2. The highest BCUT2D eigenvalue weighted by atomic mass is 35.5. The molecule has 2 N–H and O–H groups in total. The third-order valence-corrected chi connectivity index (χ3v) is 4.91. The molecule has 1 aromatic carbocycles. The molecule has 1 aromatic heterocycles. The molecule has 1 saturated heterocycles. The zero-order valence-electron chi connectivity index (χ0n) is 11.4. The van der Waals surface area contributed by atoms with E-state index in [9.17, 15) is 4.79 Å². The normalized spacial score (nSPS) is 18.5. The Bertz CT molecular complexity index is 689. The minimum absolute atomic E-state index is 0.0220. The van der Waals surface area contributed by atoms with Gasteiger partial charge in [-0.3, -0.25) is 4.79 Å². The largest absolute Gasteiger partial charge is 0.336 e. The zero-order chi connectivity index (χ0) is 15.0. The predicted octanol–water partition coefficient (Wildman–Crippen LogP) is 1.85. The van der Waals surface area contributed by atoms with Gasteiger partial charge in [0.05, 0.1) is 16.0 Å². The van der Waals surface area contributed by atoms with Gasteiger partial charge >= 0.3 is 0 Å². The fourth-order valence-electron chi connectivity index (χ4n) is 2.23. The highest BCUT2D eigenvalue weighted by Gasteiger charge is 2.35. The lowest BCUT2D eigenvalue weighted by Crippen LogP contribution is -2.28. The van der Waals surface area contributed by atoms with Crippen LogP contribution in [0.25, 0.3) is 0 Å². The fraction of sp³-hybridized carbons (Fsp3) is 0.308. The van der Waals surface area contributed by atoms with E-state index in [-0.39, 0.29) is 11.2 Å². The standard InChI is InChI=1S/C13H14ClN5OS/c1-8-16-17-13(19(8)15)21-11-6-7-18(12(11)20)10-5-3-2-4-9(10)14/h2-5,11H,6-7,15H2,1H3. The lowest BCUT2D eigenvalue weighted by Gasteiger charge is -2.17. The van der Waals surface area contributed by atoms with Gasteiger partial charge in [-0.2, -0.15) is 0 Å². The van der Waals surface area contributed by atoms with Gasteiger partial charge in [-0.25, -0.2) is 4.68 Å². The summed E-state index contributed by atoms with van der Waals surface area (Å²) in [5.74, 6) is 6.46. The van der Waals surface area contributed by atoms with E-state index in [2.05, 4.69) is 10.2 Å². The Morgan fingerprint density at radius 2 is 2.14 bits per heavy atom. The number of aromatic nitrogens is 3. The van der Waals surface area contributed by atoms with E-state index < -0.39 is 0 Å². The third kappa shape index (κ3) is 2.58. The number of rotatable bonds is 3. The van der Waals surface area contributed by atoms with Crippen LogP contribution in [0.5, 0.6) is 0 Å². The molecule has 0 aliphatic carbocycles. The second-order valence-corrected chi connectivity index (χ2v) is 6.31. The monoisotopic (exact) mass is 323 g/mol. The van der Waals surface area contributed by atoms with E-state index in [0.717, 1.165) is 12.1 Å². The Kier molecular flexibility index (Phi) is 3.77. The lowest BCUT2D eigenvalue weighted by molar-refractivity contribution is -0.116. The molecule has 8 heteroatoms. The maximum Gasteiger partial charge on any atom is 0.240 e. The Balaban J connectivity index is 1.78. The number of para-hydroxylation sites is 1. The summed E-state index contributed by atoms with van der Waals surface area (Å²) in [6.07, 6.45) is 0.723. The minimum Gasteiger partial charge on any atom is -0.336 e. The molecule has 0 radical (unpaired) electrons. The maximum atomic E-state index is 12.5. The summed E-state index contributed by atoms with van der Waals surface area (Å²) in [7, 11) is 0. The lowest BCUT2D eigenvalue weighted by atomic mass is 10.3. The molecule has 1 unspecified atom stereocenters. The number of amides is 1. The molecular weight excluding hydrogens is 310 g/mol. The summed E-state index contributed by atoms with van der Waals surface area (Å²) in [5.41, 5.74) is 0.748. The maximum absolute atomic E-state index is 12.5. The van der Waals surface area contributed by atoms with Crippen LogP contribution in [0.15, 0.2) is 29.4 Å². The number of nitrogen functional groups attached to an aromatic ring is 1. The average molecular weight is 324 g/mol. The number of hydrogen-bond donors (Lipinski definition) is 1. The van der Waals surface area contributed by atoms with Crippen LogP contribution in [0.2, 0.25) is 5.02 Å². The molecule has 2 aromatic rings. The second kappa shape index (κ2) is 5.57. The fourth-order valence-corrected chi connectivity index (χ4v) is 3.51. The van der Waals surface area contributed by atoms with Crippen LogP contribution in [0.3, 0.4) is 0 Å². The molecule has 0 bridgehead atoms. The summed E-state index contributed by atoms with van der Waals surface area (Å²) >= 11 is 7.50. The van der Waals surface area contributed by atoms with E-state index in [1.165, 1.54) is 16.4 Å². The van der Waals surface area contributed by atoms with Crippen LogP contribution < -0.4 is 10.7 Å². The Hall–Kier alpha value is -1.73. The van der Waals surface area contributed by atoms with Gasteiger partial charge in [-0.05, 0) is 25.5 Å². The smallest absolute Gasteiger partial charge is 0.240 e. The van der Waals surface area contributed by atoms with Crippen molar-refractivity contribution in [2.45, 2.75) is 23.8 Å². The molecule has 1 atom stereocenters. The van der Waals surface area contributed by atoms with Gasteiger partial charge in [0.25, 0.3) is 0 Å². The van der Waals surface area contributed by atoms with Crippen molar-refractivity contribution in [2.24, 2.45) is 0 Å². The Morgan fingerprint density at radius 1 is 1.38 bits per heavy atom. The Labute approximate surface area is 131 Å². The summed E-state index contributed by atoms with van der Waals surface area (Å²) in [6, 6.07) is 7.35.